The molecule has 19 heavy (non-hydrogen) atoms. The lowest BCUT2D eigenvalue weighted by Crippen LogP contribution is -2.37. The molecule has 0 aliphatic heterocycles. The van der Waals surface area contributed by atoms with Gasteiger partial charge in [0.2, 0.25) is 0 Å². The lowest BCUT2D eigenvalue weighted by atomic mass is 10.2. The van der Waals surface area contributed by atoms with Crippen LogP contribution >= 0.6 is 11.3 Å². The van der Waals surface area contributed by atoms with Gasteiger partial charge in [0, 0.05) is 22.3 Å². The zero-order chi connectivity index (χ0) is 14.7. The van der Waals surface area contributed by atoms with Gasteiger partial charge in [-0.25, -0.2) is 8.42 Å². The average molecular weight is 303 g/mol. The molecule has 1 aromatic heterocycles. The molecule has 110 valence electrons. The number of hydrogen-bond donors (Lipinski definition) is 1. The van der Waals surface area contributed by atoms with Crippen LogP contribution in [0, 0.1) is 6.92 Å². The highest BCUT2D eigenvalue weighted by atomic mass is 32.2. The van der Waals surface area contributed by atoms with Crippen molar-refractivity contribution in [3.63, 3.8) is 0 Å². The van der Waals surface area contributed by atoms with Crippen LogP contribution in [0.2, 0.25) is 0 Å². The lowest BCUT2D eigenvalue weighted by Gasteiger charge is -2.20. The second kappa shape index (κ2) is 6.37. The fraction of sp³-hybridized carbons (Fsp3) is 0.714. The quantitative estimate of drug-likeness (QED) is 0.879. The molecule has 0 aliphatic carbocycles. The van der Waals surface area contributed by atoms with Crippen molar-refractivity contribution in [2.75, 3.05) is 12.3 Å². The fourth-order valence-corrected chi connectivity index (χ4v) is 3.73. The van der Waals surface area contributed by atoms with Crippen molar-refractivity contribution in [3.8, 4) is 0 Å². The molecule has 0 aromatic carbocycles. The number of nitrogens with one attached hydrogen (secondary N) is 1. The van der Waals surface area contributed by atoms with Crippen molar-refractivity contribution in [1.82, 2.24) is 5.32 Å². The van der Waals surface area contributed by atoms with Gasteiger partial charge >= 0.3 is 0 Å². The summed E-state index contributed by atoms with van der Waals surface area (Å²) >= 11 is 1.80. The summed E-state index contributed by atoms with van der Waals surface area (Å²) in [6.07, 6.45) is 0.952. The highest BCUT2D eigenvalue weighted by Gasteiger charge is 2.28. The summed E-state index contributed by atoms with van der Waals surface area (Å²) in [6.45, 7) is 9.96. The molecule has 0 amide bonds. The van der Waals surface area contributed by atoms with Crippen molar-refractivity contribution in [1.29, 1.82) is 0 Å². The van der Waals surface area contributed by atoms with Crippen molar-refractivity contribution >= 4 is 21.2 Å². The minimum absolute atomic E-state index is 0.199. The van der Waals surface area contributed by atoms with Crippen molar-refractivity contribution in [3.05, 3.63) is 21.9 Å². The third kappa shape index (κ3) is 5.24. The fourth-order valence-electron chi connectivity index (χ4n) is 1.71. The molecule has 1 rings (SSSR count). The summed E-state index contributed by atoms with van der Waals surface area (Å²) in [5.41, 5.74) is 0. The topological polar surface area (TPSA) is 46.2 Å². The maximum absolute atomic E-state index is 12.0. The first-order valence-electron chi connectivity index (χ1n) is 6.63. The van der Waals surface area contributed by atoms with E-state index in [9.17, 15) is 8.42 Å². The summed E-state index contributed by atoms with van der Waals surface area (Å²) in [5, 5.41) is 3.30. The molecule has 0 saturated carbocycles. The molecule has 1 aromatic rings. The van der Waals surface area contributed by atoms with E-state index in [-0.39, 0.29) is 5.75 Å². The van der Waals surface area contributed by atoms with Gasteiger partial charge < -0.3 is 5.32 Å². The van der Waals surface area contributed by atoms with Crippen LogP contribution in [0.3, 0.4) is 0 Å². The van der Waals surface area contributed by atoms with E-state index in [0.717, 1.165) is 6.42 Å². The van der Waals surface area contributed by atoms with E-state index >= 15 is 0 Å². The van der Waals surface area contributed by atoms with Gasteiger partial charge in [0.25, 0.3) is 0 Å². The van der Waals surface area contributed by atoms with Crippen molar-refractivity contribution in [2.45, 2.75) is 51.8 Å². The molecule has 0 fully saturated rings. The molecule has 0 spiro atoms. The van der Waals surface area contributed by atoms with Crippen LogP contribution in [0.4, 0.5) is 0 Å². The largest absolute Gasteiger partial charge is 0.313 e. The molecule has 0 bridgehead atoms. The number of sulfone groups is 1. The number of aryl methyl sites for hydroxylation is 1. The average Bonchev–Trinajstić information content (AvgIpc) is 2.61. The minimum atomic E-state index is -3.02. The Morgan fingerprint density at radius 2 is 1.95 bits per heavy atom. The zero-order valence-electron chi connectivity index (χ0n) is 12.5. The highest BCUT2D eigenvalue weighted by molar-refractivity contribution is 7.92. The van der Waals surface area contributed by atoms with Crippen LogP contribution in [0.1, 0.15) is 37.4 Å². The molecule has 5 heteroatoms. The van der Waals surface area contributed by atoms with Crippen LogP contribution < -0.4 is 5.32 Å². The Labute approximate surface area is 121 Å². The first-order chi connectivity index (χ1) is 8.62. The monoisotopic (exact) mass is 303 g/mol. The van der Waals surface area contributed by atoms with Gasteiger partial charge in [0.15, 0.2) is 9.84 Å². The van der Waals surface area contributed by atoms with Crippen LogP contribution in [0.25, 0.3) is 0 Å². The van der Waals surface area contributed by atoms with Crippen molar-refractivity contribution < 1.29 is 8.42 Å². The molecule has 0 aliphatic rings. The predicted octanol–water partition coefficient (Wildman–Crippen LogP) is 2.79. The summed E-state index contributed by atoms with van der Waals surface area (Å²) in [7, 11) is -3.02. The Hall–Kier alpha value is -0.390. The molecular formula is C14H25NO2S2. The Morgan fingerprint density at radius 1 is 1.32 bits per heavy atom. The molecule has 1 unspecified atom stereocenters. The molecule has 0 radical (unpaired) electrons. The second-order valence-corrected chi connectivity index (χ2v) is 10.2. The van der Waals surface area contributed by atoms with Gasteiger partial charge in [-0.3, -0.25) is 0 Å². The van der Waals surface area contributed by atoms with E-state index < -0.39 is 14.6 Å². The van der Waals surface area contributed by atoms with Crippen LogP contribution in [-0.4, -0.2) is 31.5 Å². The van der Waals surface area contributed by atoms with E-state index in [1.54, 1.807) is 32.1 Å². The zero-order valence-corrected chi connectivity index (χ0v) is 14.1. The van der Waals surface area contributed by atoms with Gasteiger partial charge in [-0.2, -0.15) is 0 Å². The maximum Gasteiger partial charge on any atom is 0.156 e. The molecule has 1 atom stereocenters. The lowest BCUT2D eigenvalue weighted by molar-refractivity contribution is 0.539. The summed E-state index contributed by atoms with van der Waals surface area (Å²) in [5.74, 6) is 0.199. The number of hydrogen-bond acceptors (Lipinski definition) is 4. The molecule has 0 saturated heterocycles. The Balaban J connectivity index is 2.37. The number of thiophene rings is 1. The summed E-state index contributed by atoms with van der Waals surface area (Å²) in [6, 6.07) is 4.56. The number of rotatable bonds is 6. The van der Waals surface area contributed by atoms with Crippen LogP contribution in [-0.2, 0) is 16.3 Å². The molecular weight excluding hydrogens is 278 g/mol. The van der Waals surface area contributed by atoms with Crippen LogP contribution in [0.5, 0.6) is 0 Å². The van der Waals surface area contributed by atoms with Gasteiger partial charge in [-0.15, -0.1) is 11.3 Å². The third-order valence-electron chi connectivity index (χ3n) is 3.10. The maximum atomic E-state index is 12.0. The van der Waals surface area contributed by atoms with Gasteiger partial charge in [0.05, 0.1) is 10.5 Å². The second-order valence-electron chi connectivity index (χ2n) is 6.00. The molecule has 1 heterocycles. The normalized spacial score (nSPS) is 14.6. The Morgan fingerprint density at radius 3 is 2.42 bits per heavy atom. The smallest absolute Gasteiger partial charge is 0.156 e. The van der Waals surface area contributed by atoms with Gasteiger partial charge in [-0.05, 0) is 53.2 Å². The van der Waals surface area contributed by atoms with E-state index in [1.165, 1.54) is 9.75 Å². The Bertz CT molecular complexity index is 498. The van der Waals surface area contributed by atoms with E-state index in [2.05, 4.69) is 31.3 Å². The summed E-state index contributed by atoms with van der Waals surface area (Å²) in [4.78, 5) is 2.66. The van der Waals surface area contributed by atoms with E-state index in [4.69, 9.17) is 0 Å². The first kappa shape index (κ1) is 16.7. The standard InChI is InChI=1S/C14H25NO2S2/c1-11(10-13-7-6-12(2)18-13)15-8-9-19(16,17)14(3,4)5/h6-7,11,15H,8-10H2,1-5H3. The highest BCUT2D eigenvalue weighted by Crippen LogP contribution is 2.17. The van der Waals surface area contributed by atoms with Crippen LogP contribution in [0.15, 0.2) is 12.1 Å². The molecule has 1 N–H and O–H groups in total. The van der Waals surface area contributed by atoms with E-state index in [1.807, 2.05) is 0 Å². The third-order valence-corrected chi connectivity index (χ3v) is 6.73. The van der Waals surface area contributed by atoms with E-state index in [0.29, 0.717) is 12.6 Å². The summed E-state index contributed by atoms with van der Waals surface area (Å²) < 4.78 is 23.3. The predicted molar refractivity (Wildman–Crippen MR) is 83.8 cm³/mol. The van der Waals surface area contributed by atoms with Gasteiger partial charge in [-0.1, -0.05) is 0 Å². The minimum Gasteiger partial charge on any atom is -0.313 e. The molecule has 3 nitrogen and oxygen atoms in total. The Kier molecular flexibility index (Phi) is 5.59. The van der Waals surface area contributed by atoms with Crippen molar-refractivity contribution in [2.24, 2.45) is 0 Å². The SMILES string of the molecule is Cc1ccc(CC(C)NCCS(=O)(=O)C(C)(C)C)s1. The first-order valence-corrected chi connectivity index (χ1v) is 9.10. The van der Waals surface area contributed by atoms with Gasteiger partial charge in [0.1, 0.15) is 0 Å².